The molecule has 2 aromatic carbocycles. The zero-order valence-corrected chi connectivity index (χ0v) is 17.2. The second-order valence-electron chi connectivity index (χ2n) is 7.00. The summed E-state index contributed by atoms with van der Waals surface area (Å²) in [6.07, 6.45) is 2.11. The monoisotopic (exact) mass is 429 g/mol. The Labute approximate surface area is 174 Å². The number of hydrogen-bond acceptors (Lipinski definition) is 6. The van der Waals surface area contributed by atoms with Crippen LogP contribution in [0.2, 0.25) is 0 Å². The molecule has 0 bridgehead atoms. The number of carbonyl (C=O) groups excluding carboxylic acids is 1. The number of morpholine rings is 1. The lowest BCUT2D eigenvalue weighted by atomic mass is 10.1. The highest BCUT2D eigenvalue weighted by atomic mass is 32.2. The molecule has 1 aromatic heterocycles. The van der Waals surface area contributed by atoms with Crippen molar-refractivity contribution in [2.75, 3.05) is 32.8 Å². The standard InChI is InChI=1S/C20H23N5O4S/c26-20(24-11-13-29-14-12-24)18-15-25(23-22-18)10-4-9-21-30(27,28)19-8-3-6-16-5-1-2-7-17(16)19/h1-3,5-8,15,21H,4,9-14H2. The van der Waals surface area contributed by atoms with Crippen LogP contribution in [-0.4, -0.2) is 67.1 Å². The molecule has 1 N–H and O–H groups in total. The van der Waals surface area contributed by atoms with Gasteiger partial charge in [0.1, 0.15) is 0 Å². The van der Waals surface area contributed by atoms with E-state index in [2.05, 4.69) is 15.0 Å². The number of aryl methyl sites for hydroxylation is 1. The van der Waals surface area contributed by atoms with Gasteiger partial charge in [0.15, 0.2) is 5.69 Å². The van der Waals surface area contributed by atoms with Gasteiger partial charge in [-0.05, 0) is 17.9 Å². The maximum Gasteiger partial charge on any atom is 0.276 e. The number of ether oxygens (including phenoxy) is 1. The smallest absolute Gasteiger partial charge is 0.276 e. The molecule has 1 amide bonds. The second kappa shape index (κ2) is 8.90. The number of sulfonamides is 1. The molecule has 0 spiro atoms. The van der Waals surface area contributed by atoms with E-state index in [9.17, 15) is 13.2 Å². The first-order valence-electron chi connectivity index (χ1n) is 9.79. The number of rotatable bonds is 7. The summed E-state index contributed by atoms with van der Waals surface area (Å²) in [7, 11) is -3.63. The molecule has 0 aliphatic carbocycles. The summed E-state index contributed by atoms with van der Waals surface area (Å²) in [5, 5.41) is 9.48. The molecule has 2 heterocycles. The molecule has 0 radical (unpaired) electrons. The van der Waals surface area contributed by atoms with Crippen LogP contribution in [0.3, 0.4) is 0 Å². The summed E-state index contributed by atoms with van der Waals surface area (Å²) in [6.45, 7) is 2.83. The molecule has 0 unspecified atom stereocenters. The van der Waals surface area contributed by atoms with Crippen LogP contribution in [0.5, 0.6) is 0 Å². The van der Waals surface area contributed by atoms with Crippen molar-refractivity contribution in [3.8, 4) is 0 Å². The Morgan fingerprint density at radius 3 is 2.70 bits per heavy atom. The van der Waals surface area contributed by atoms with Gasteiger partial charge in [-0.3, -0.25) is 9.48 Å². The number of amides is 1. The van der Waals surface area contributed by atoms with E-state index in [1.54, 1.807) is 34.0 Å². The minimum Gasteiger partial charge on any atom is -0.378 e. The molecular weight excluding hydrogens is 406 g/mol. The number of fused-ring (bicyclic) bond motifs is 1. The third-order valence-electron chi connectivity index (χ3n) is 4.95. The molecule has 1 saturated heterocycles. The van der Waals surface area contributed by atoms with Crippen LogP contribution in [0.15, 0.2) is 53.6 Å². The number of carbonyl (C=O) groups is 1. The van der Waals surface area contributed by atoms with Gasteiger partial charge in [-0.15, -0.1) is 5.10 Å². The van der Waals surface area contributed by atoms with Gasteiger partial charge in [0, 0.05) is 31.6 Å². The van der Waals surface area contributed by atoms with Gasteiger partial charge in [-0.1, -0.05) is 41.6 Å². The van der Waals surface area contributed by atoms with Crippen LogP contribution in [0.1, 0.15) is 16.9 Å². The van der Waals surface area contributed by atoms with E-state index in [1.807, 2.05) is 24.3 Å². The summed E-state index contributed by atoms with van der Waals surface area (Å²) < 4.78 is 34.9. The van der Waals surface area contributed by atoms with Crippen molar-refractivity contribution in [2.24, 2.45) is 0 Å². The maximum atomic E-state index is 12.7. The third kappa shape index (κ3) is 4.50. The van der Waals surface area contributed by atoms with Gasteiger partial charge in [-0.25, -0.2) is 13.1 Å². The van der Waals surface area contributed by atoms with E-state index in [4.69, 9.17) is 4.74 Å². The Hall–Kier alpha value is -2.82. The molecule has 10 heteroatoms. The van der Waals surface area contributed by atoms with E-state index < -0.39 is 10.0 Å². The molecule has 1 aliphatic rings. The topological polar surface area (TPSA) is 106 Å². The number of nitrogens with zero attached hydrogens (tertiary/aromatic N) is 4. The highest BCUT2D eigenvalue weighted by Crippen LogP contribution is 2.22. The van der Waals surface area contributed by atoms with Crippen molar-refractivity contribution >= 4 is 26.7 Å². The largest absolute Gasteiger partial charge is 0.378 e. The molecule has 4 rings (SSSR count). The van der Waals surface area contributed by atoms with Gasteiger partial charge in [0.25, 0.3) is 5.91 Å². The van der Waals surface area contributed by atoms with E-state index in [1.165, 1.54) is 0 Å². The van der Waals surface area contributed by atoms with Gasteiger partial charge >= 0.3 is 0 Å². The molecular formula is C20H23N5O4S. The summed E-state index contributed by atoms with van der Waals surface area (Å²) in [4.78, 5) is 14.4. The predicted molar refractivity (Wildman–Crippen MR) is 110 cm³/mol. The first-order chi connectivity index (χ1) is 14.5. The fourth-order valence-corrected chi connectivity index (χ4v) is 4.69. The second-order valence-corrected chi connectivity index (χ2v) is 8.74. The Kier molecular flexibility index (Phi) is 6.07. The lowest BCUT2D eigenvalue weighted by Gasteiger charge is -2.25. The van der Waals surface area contributed by atoms with Gasteiger partial charge in [0.2, 0.25) is 10.0 Å². The van der Waals surface area contributed by atoms with E-state index >= 15 is 0 Å². The van der Waals surface area contributed by atoms with Crippen molar-refractivity contribution in [3.05, 3.63) is 54.4 Å². The molecule has 0 atom stereocenters. The molecule has 0 saturated carbocycles. The normalized spacial score (nSPS) is 14.9. The van der Waals surface area contributed by atoms with Crippen LogP contribution in [-0.2, 0) is 21.3 Å². The molecule has 30 heavy (non-hydrogen) atoms. The number of hydrogen-bond donors (Lipinski definition) is 1. The van der Waals surface area contributed by atoms with Crippen LogP contribution in [0, 0.1) is 0 Å². The SMILES string of the molecule is O=C(c1cn(CCCNS(=O)(=O)c2cccc3ccccc23)nn1)N1CCOCC1. The highest BCUT2D eigenvalue weighted by molar-refractivity contribution is 7.89. The van der Waals surface area contributed by atoms with Crippen molar-refractivity contribution in [1.82, 2.24) is 24.6 Å². The number of benzene rings is 2. The van der Waals surface area contributed by atoms with Crippen molar-refractivity contribution < 1.29 is 17.9 Å². The van der Waals surface area contributed by atoms with Crippen LogP contribution < -0.4 is 4.72 Å². The Morgan fingerprint density at radius 2 is 1.87 bits per heavy atom. The predicted octanol–water partition coefficient (Wildman–Crippen LogP) is 1.27. The minimum atomic E-state index is -3.63. The summed E-state index contributed by atoms with van der Waals surface area (Å²) in [5.74, 6) is -0.166. The van der Waals surface area contributed by atoms with Crippen LogP contribution in [0.25, 0.3) is 10.8 Å². The first kappa shape index (κ1) is 20.5. The third-order valence-corrected chi connectivity index (χ3v) is 6.47. The van der Waals surface area contributed by atoms with Crippen molar-refractivity contribution in [2.45, 2.75) is 17.9 Å². The fraction of sp³-hybridized carbons (Fsp3) is 0.350. The summed E-state index contributed by atoms with van der Waals surface area (Å²) in [6, 6.07) is 12.6. The van der Waals surface area contributed by atoms with Gasteiger partial charge in [0.05, 0.1) is 24.3 Å². The lowest BCUT2D eigenvalue weighted by Crippen LogP contribution is -2.40. The average molecular weight is 430 g/mol. The van der Waals surface area contributed by atoms with Gasteiger partial charge < -0.3 is 9.64 Å². The maximum absolute atomic E-state index is 12.7. The average Bonchev–Trinajstić information content (AvgIpc) is 3.25. The Morgan fingerprint density at radius 1 is 1.10 bits per heavy atom. The number of aromatic nitrogens is 3. The minimum absolute atomic E-state index is 0.166. The lowest BCUT2D eigenvalue weighted by molar-refractivity contribution is 0.0299. The number of nitrogens with one attached hydrogen (secondary N) is 1. The summed E-state index contributed by atoms with van der Waals surface area (Å²) in [5.41, 5.74) is 0.285. The van der Waals surface area contributed by atoms with Crippen LogP contribution >= 0.6 is 0 Å². The Balaban J connectivity index is 1.33. The van der Waals surface area contributed by atoms with Gasteiger partial charge in [-0.2, -0.15) is 0 Å². The van der Waals surface area contributed by atoms with Crippen LogP contribution in [0.4, 0.5) is 0 Å². The van der Waals surface area contributed by atoms with Crippen molar-refractivity contribution in [3.63, 3.8) is 0 Å². The fourth-order valence-electron chi connectivity index (χ4n) is 3.39. The molecule has 1 aliphatic heterocycles. The Bertz CT molecular complexity index is 1130. The quantitative estimate of drug-likeness (QED) is 0.567. The van der Waals surface area contributed by atoms with E-state index in [0.717, 1.165) is 5.39 Å². The van der Waals surface area contributed by atoms with E-state index in [0.29, 0.717) is 44.7 Å². The molecule has 9 nitrogen and oxygen atoms in total. The van der Waals surface area contributed by atoms with E-state index in [-0.39, 0.29) is 23.0 Å². The summed E-state index contributed by atoms with van der Waals surface area (Å²) >= 11 is 0. The first-order valence-corrected chi connectivity index (χ1v) is 11.3. The zero-order chi connectivity index (χ0) is 21.0. The molecule has 158 valence electrons. The molecule has 3 aromatic rings. The van der Waals surface area contributed by atoms with Crippen molar-refractivity contribution in [1.29, 1.82) is 0 Å². The zero-order valence-electron chi connectivity index (χ0n) is 16.4. The highest BCUT2D eigenvalue weighted by Gasteiger charge is 2.21. The molecule has 1 fully saturated rings.